The van der Waals surface area contributed by atoms with E-state index in [0.29, 0.717) is 13.2 Å². The van der Waals surface area contributed by atoms with Crippen molar-refractivity contribution in [3.63, 3.8) is 0 Å². The number of nitrogens with one attached hydrogen (secondary N) is 1. The molecule has 162 valence electrons. The summed E-state index contributed by atoms with van der Waals surface area (Å²) in [5, 5.41) is 3.58. The second-order valence-electron chi connectivity index (χ2n) is 7.77. The third kappa shape index (κ3) is 4.96. The Morgan fingerprint density at radius 1 is 0.727 bits per heavy atom. The molecule has 0 bridgehead atoms. The number of hydrogen-bond donors (Lipinski definition) is 1. The van der Waals surface area contributed by atoms with Crippen LogP contribution in [0.25, 0.3) is 17.8 Å². The van der Waals surface area contributed by atoms with Gasteiger partial charge in [0.1, 0.15) is 18.1 Å². The molecular formula is C29H25N3O. The molecule has 5 rings (SSSR count). The number of ether oxygens (including phenoxy) is 1. The van der Waals surface area contributed by atoms with Gasteiger partial charge < -0.3 is 10.1 Å². The fourth-order valence-electron chi connectivity index (χ4n) is 3.72. The summed E-state index contributed by atoms with van der Waals surface area (Å²) in [5.74, 6) is 1.69. The van der Waals surface area contributed by atoms with Gasteiger partial charge in [-0.05, 0) is 34.9 Å². The van der Waals surface area contributed by atoms with Crippen LogP contribution in [0.15, 0.2) is 109 Å². The number of fused-ring (bicyclic) bond motifs is 1. The van der Waals surface area contributed by atoms with Crippen LogP contribution in [0.1, 0.15) is 22.4 Å². The van der Waals surface area contributed by atoms with Crippen LogP contribution in [-0.4, -0.2) is 9.38 Å². The van der Waals surface area contributed by atoms with Crippen LogP contribution in [-0.2, 0) is 13.2 Å². The zero-order valence-electron chi connectivity index (χ0n) is 18.3. The molecule has 5 aromatic rings. The van der Waals surface area contributed by atoms with Gasteiger partial charge in [-0.15, -0.1) is 0 Å². The smallest absolute Gasteiger partial charge is 0.181 e. The van der Waals surface area contributed by atoms with Gasteiger partial charge >= 0.3 is 0 Å². The topological polar surface area (TPSA) is 38.6 Å². The maximum atomic E-state index is 6.16. The van der Waals surface area contributed by atoms with E-state index in [4.69, 9.17) is 9.72 Å². The van der Waals surface area contributed by atoms with Gasteiger partial charge in [0.25, 0.3) is 0 Å². The fourth-order valence-corrected chi connectivity index (χ4v) is 3.72. The average molecular weight is 432 g/mol. The van der Waals surface area contributed by atoms with Gasteiger partial charge in [0.15, 0.2) is 11.4 Å². The molecule has 0 aliphatic rings. The summed E-state index contributed by atoms with van der Waals surface area (Å²) in [6.45, 7) is 1.20. The lowest BCUT2D eigenvalue weighted by Gasteiger charge is -2.10. The van der Waals surface area contributed by atoms with Gasteiger partial charge in [0.05, 0.1) is 0 Å². The van der Waals surface area contributed by atoms with E-state index in [1.54, 1.807) is 0 Å². The summed E-state index contributed by atoms with van der Waals surface area (Å²) in [7, 11) is 0. The van der Waals surface area contributed by atoms with Crippen molar-refractivity contribution in [2.24, 2.45) is 0 Å². The maximum Gasteiger partial charge on any atom is 0.181 e. The Kier molecular flexibility index (Phi) is 6.16. The number of benzene rings is 3. The third-order valence-electron chi connectivity index (χ3n) is 5.41. The predicted octanol–water partition coefficient (Wildman–Crippen LogP) is 6.70. The van der Waals surface area contributed by atoms with E-state index in [0.717, 1.165) is 34.0 Å². The Hall–Kier alpha value is -4.31. The van der Waals surface area contributed by atoms with Gasteiger partial charge in [-0.25, -0.2) is 4.98 Å². The molecule has 0 saturated heterocycles. The molecule has 0 unspecified atom stereocenters. The molecule has 2 aromatic heterocycles. The van der Waals surface area contributed by atoms with E-state index in [2.05, 4.69) is 70.4 Å². The molecule has 0 aliphatic carbocycles. The molecule has 0 radical (unpaired) electrons. The molecule has 1 N–H and O–H groups in total. The highest BCUT2D eigenvalue weighted by Crippen LogP contribution is 2.28. The SMILES string of the molecule is C(=C\c1nc2c(OCc3ccccc3)cccn2c1NCc1ccccc1)/c1ccccc1. The molecule has 3 aromatic carbocycles. The lowest BCUT2D eigenvalue weighted by atomic mass is 10.2. The van der Waals surface area contributed by atoms with Crippen LogP contribution < -0.4 is 10.1 Å². The second kappa shape index (κ2) is 9.88. The van der Waals surface area contributed by atoms with Gasteiger partial charge in [-0.3, -0.25) is 4.40 Å². The Morgan fingerprint density at radius 3 is 2.12 bits per heavy atom. The minimum atomic E-state index is 0.495. The number of pyridine rings is 1. The first-order valence-corrected chi connectivity index (χ1v) is 11.1. The number of nitrogens with zero attached hydrogens (tertiary/aromatic N) is 2. The molecule has 0 atom stereocenters. The molecule has 4 nitrogen and oxygen atoms in total. The highest BCUT2D eigenvalue weighted by Gasteiger charge is 2.14. The number of anilines is 1. The summed E-state index contributed by atoms with van der Waals surface area (Å²) in [6, 6.07) is 34.8. The first-order valence-electron chi connectivity index (χ1n) is 11.1. The largest absolute Gasteiger partial charge is 0.485 e. The van der Waals surface area contributed by atoms with Crippen molar-refractivity contribution in [3.05, 3.63) is 132 Å². The van der Waals surface area contributed by atoms with Crippen molar-refractivity contribution < 1.29 is 4.74 Å². The number of hydrogen-bond acceptors (Lipinski definition) is 3. The molecule has 0 aliphatic heterocycles. The summed E-state index contributed by atoms with van der Waals surface area (Å²) >= 11 is 0. The van der Waals surface area contributed by atoms with Crippen molar-refractivity contribution in [3.8, 4) is 5.75 Å². The molecular weight excluding hydrogens is 406 g/mol. The standard InChI is InChI=1S/C29H25N3O/c1-4-11-23(12-5-1)18-19-26-28(30-21-24-13-6-2-7-14-24)32-20-10-17-27(29(32)31-26)33-22-25-15-8-3-9-16-25/h1-20,30H,21-22H2/b19-18+. The monoisotopic (exact) mass is 431 g/mol. The van der Waals surface area contributed by atoms with E-state index in [1.165, 1.54) is 5.56 Å². The Balaban J connectivity index is 1.49. The average Bonchev–Trinajstić information content (AvgIpc) is 3.25. The number of aromatic nitrogens is 2. The molecule has 0 saturated carbocycles. The van der Waals surface area contributed by atoms with E-state index in [1.807, 2.05) is 60.8 Å². The van der Waals surface area contributed by atoms with Crippen LogP contribution in [0, 0.1) is 0 Å². The Morgan fingerprint density at radius 2 is 1.39 bits per heavy atom. The van der Waals surface area contributed by atoms with Crippen LogP contribution in [0.2, 0.25) is 0 Å². The van der Waals surface area contributed by atoms with Gasteiger partial charge in [0.2, 0.25) is 0 Å². The van der Waals surface area contributed by atoms with Crippen LogP contribution >= 0.6 is 0 Å². The molecule has 0 amide bonds. The Labute approximate surface area is 193 Å². The number of rotatable bonds is 8. The lowest BCUT2D eigenvalue weighted by molar-refractivity contribution is 0.308. The van der Waals surface area contributed by atoms with Crippen molar-refractivity contribution in [2.75, 3.05) is 5.32 Å². The summed E-state index contributed by atoms with van der Waals surface area (Å²) in [4.78, 5) is 4.94. The van der Waals surface area contributed by atoms with Crippen molar-refractivity contribution in [1.82, 2.24) is 9.38 Å². The van der Waals surface area contributed by atoms with E-state index in [9.17, 15) is 0 Å². The molecule has 2 heterocycles. The quantitative estimate of drug-likeness (QED) is 0.297. The van der Waals surface area contributed by atoms with Crippen LogP contribution in [0.4, 0.5) is 5.82 Å². The number of imidazole rings is 1. The minimum absolute atomic E-state index is 0.495. The summed E-state index contributed by atoms with van der Waals surface area (Å²) in [6.07, 6.45) is 6.15. The Bertz CT molecular complexity index is 1340. The van der Waals surface area contributed by atoms with Crippen molar-refractivity contribution >= 4 is 23.6 Å². The molecule has 0 spiro atoms. The van der Waals surface area contributed by atoms with Crippen molar-refractivity contribution in [1.29, 1.82) is 0 Å². The van der Waals surface area contributed by atoms with Gasteiger partial charge in [0, 0.05) is 12.7 Å². The van der Waals surface area contributed by atoms with Gasteiger partial charge in [-0.1, -0.05) is 97.1 Å². The zero-order valence-corrected chi connectivity index (χ0v) is 18.3. The highest BCUT2D eigenvalue weighted by molar-refractivity contribution is 5.77. The minimum Gasteiger partial charge on any atom is -0.485 e. The first-order chi connectivity index (χ1) is 16.4. The summed E-state index contributed by atoms with van der Waals surface area (Å²) in [5.41, 5.74) is 5.12. The maximum absolute atomic E-state index is 6.16. The van der Waals surface area contributed by atoms with Gasteiger partial charge in [-0.2, -0.15) is 0 Å². The third-order valence-corrected chi connectivity index (χ3v) is 5.41. The first kappa shape index (κ1) is 20.6. The molecule has 4 heteroatoms. The zero-order chi connectivity index (χ0) is 22.3. The van der Waals surface area contributed by atoms with Crippen molar-refractivity contribution in [2.45, 2.75) is 13.2 Å². The second-order valence-corrected chi connectivity index (χ2v) is 7.77. The lowest BCUT2D eigenvalue weighted by Crippen LogP contribution is -2.03. The summed E-state index contributed by atoms with van der Waals surface area (Å²) < 4.78 is 8.23. The molecule has 0 fully saturated rings. The molecule has 33 heavy (non-hydrogen) atoms. The van der Waals surface area contributed by atoms with E-state index >= 15 is 0 Å². The van der Waals surface area contributed by atoms with Crippen LogP contribution in [0.3, 0.4) is 0 Å². The highest BCUT2D eigenvalue weighted by atomic mass is 16.5. The van der Waals surface area contributed by atoms with E-state index < -0.39 is 0 Å². The fraction of sp³-hybridized carbons (Fsp3) is 0.0690. The van der Waals surface area contributed by atoms with Crippen LogP contribution in [0.5, 0.6) is 5.75 Å². The predicted molar refractivity (Wildman–Crippen MR) is 135 cm³/mol. The normalized spacial score (nSPS) is 11.2. The van der Waals surface area contributed by atoms with E-state index in [-0.39, 0.29) is 0 Å².